The molecule has 2 fully saturated rings. The van der Waals surface area contributed by atoms with Crippen LogP contribution in [0.4, 0.5) is 0 Å². The van der Waals surface area contributed by atoms with Gasteiger partial charge in [0.05, 0.1) is 12.6 Å². The summed E-state index contributed by atoms with van der Waals surface area (Å²) >= 11 is 0. The highest BCUT2D eigenvalue weighted by atomic mass is 32.2. The minimum atomic E-state index is -3.72. The monoisotopic (exact) mass is 524 g/mol. The molecule has 0 aromatic heterocycles. The fourth-order valence-electron chi connectivity index (χ4n) is 5.12. The predicted molar refractivity (Wildman–Crippen MR) is 132 cm³/mol. The lowest BCUT2D eigenvalue weighted by Crippen LogP contribution is -2.59. The number of nitrogens with one attached hydrogen (secondary N) is 2. The highest BCUT2D eigenvalue weighted by molar-refractivity contribution is 7.87. The summed E-state index contributed by atoms with van der Waals surface area (Å²) in [5, 5.41) is 12.9. The van der Waals surface area contributed by atoms with E-state index in [1.807, 2.05) is 30.3 Å². The zero-order valence-corrected chi connectivity index (χ0v) is 21.7. The molecule has 2 aliphatic heterocycles. The average Bonchev–Trinajstić information content (AvgIpc) is 3.25. The summed E-state index contributed by atoms with van der Waals surface area (Å²) in [6, 6.07) is 6.36. The number of hydrogen-bond donors (Lipinski definition) is 3. The minimum Gasteiger partial charge on any atom is -0.480 e. The number of ether oxygens (including phenoxy) is 1. The number of fused-ring (bicyclic) bond motifs is 1. The van der Waals surface area contributed by atoms with Crippen molar-refractivity contribution < 1.29 is 32.6 Å². The number of benzene rings is 1. The standard InChI is InChI=1S/C24H36N4O7S/c1-4-35-24(32)19(11-10-17-8-6-5-7-9-17)26-16(2)22(29)28-20(23(30)31)14-18-12-13-27(15-21(18)28)36(33,34)25-3/h5-9,16,18-21,25-26H,4,10-15H2,1-3H3,(H,30,31)/t16-,18-,19-,20+,21+/m1/s1. The van der Waals surface area contributed by atoms with Gasteiger partial charge in [0.1, 0.15) is 12.1 Å². The van der Waals surface area contributed by atoms with Crippen molar-refractivity contribution in [2.45, 2.75) is 63.7 Å². The molecule has 2 heterocycles. The molecule has 36 heavy (non-hydrogen) atoms. The maximum Gasteiger partial charge on any atom is 0.326 e. The van der Waals surface area contributed by atoms with Crippen molar-refractivity contribution in [3.8, 4) is 0 Å². The van der Waals surface area contributed by atoms with E-state index in [0.29, 0.717) is 19.3 Å². The number of aliphatic carboxylic acids is 1. The highest BCUT2D eigenvalue weighted by Crippen LogP contribution is 2.37. The fourth-order valence-corrected chi connectivity index (χ4v) is 6.07. The third-order valence-electron chi connectivity index (χ3n) is 7.00. The van der Waals surface area contributed by atoms with Gasteiger partial charge in [0.25, 0.3) is 10.2 Å². The minimum absolute atomic E-state index is 0.0192. The van der Waals surface area contributed by atoms with Crippen LogP contribution in [0.1, 0.15) is 38.7 Å². The zero-order valence-electron chi connectivity index (χ0n) is 20.9. The third-order valence-corrected chi connectivity index (χ3v) is 8.53. The van der Waals surface area contributed by atoms with Crippen LogP contribution in [0.25, 0.3) is 0 Å². The van der Waals surface area contributed by atoms with E-state index in [2.05, 4.69) is 10.0 Å². The Kier molecular flexibility index (Phi) is 9.45. The molecule has 1 amide bonds. The molecule has 0 radical (unpaired) electrons. The van der Waals surface area contributed by atoms with Gasteiger partial charge in [-0.15, -0.1) is 0 Å². The Morgan fingerprint density at radius 3 is 2.53 bits per heavy atom. The average molecular weight is 525 g/mol. The number of nitrogens with zero attached hydrogens (tertiary/aromatic N) is 2. The molecule has 11 nitrogen and oxygen atoms in total. The lowest BCUT2D eigenvalue weighted by atomic mass is 9.92. The van der Waals surface area contributed by atoms with Crippen LogP contribution in [0.5, 0.6) is 0 Å². The predicted octanol–water partition coefficient (Wildman–Crippen LogP) is 0.369. The first-order valence-corrected chi connectivity index (χ1v) is 13.7. The second kappa shape index (κ2) is 12.1. The number of carbonyl (C=O) groups is 3. The van der Waals surface area contributed by atoms with Crippen LogP contribution >= 0.6 is 0 Å². The third kappa shape index (κ3) is 6.41. The van der Waals surface area contributed by atoms with Crippen molar-refractivity contribution in [1.82, 2.24) is 19.2 Å². The summed E-state index contributed by atoms with van der Waals surface area (Å²) in [7, 11) is -2.40. The molecular weight excluding hydrogens is 488 g/mol. The van der Waals surface area contributed by atoms with Gasteiger partial charge >= 0.3 is 11.9 Å². The molecule has 1 aromatic carbocycles. The number of esters is 1. The number of piperidine rings is 1. The van der Waals surface area contributed by atoms with Crippen LogP contribution in [0.3, 0.4) is 0 Å². The van der Waals surface area contributed by atoms with Gasteiger partial charge in [-0.25, -0.2) is 9.52 Å². The fraction of sp³-hybridized carbons (Fsp3) is 0.625. The first-order valence-electron chi connectivity index (χ1n) is 12.3. The molecule has 1 aromatic rings. The van der Waals surface area contributed by atoms with Crippen molar-refractivity contribution in [2.24, 2.45) is 5.92 Å². The number of rotatable bonds is 11. The van der Waals surface area contributed by atoms with Gasteiger partial charge in [-0.1, -0.05) is 30.3 Å². The highest BCUT2D eigenvalue weighted by Gasteiger charge is 2.51. The Labute approximate surface area is 212 Å². The van der Waals surface area contributed by atoms with Gasteiger partial charge in [0.2, 0.25) is 5.91 Å². The number of carboxylic acids is 1. The molecule has 0 bridgehead atoms. The summed E-state index contributed by atoms with van der Waals surface area (Å²) in [5.41, 5.74) is 1.04. The second-order valence-corrected chi connectivity index (χ2v) is 11.1. The van der Waals surface area contributed by atoms with Gasteiger partial charge in [-0.2, -0.15) is 12.7 Å². The number of aryl methyl sites for hydroxylation is 1. The number of carbonyl (C=O) groups excluding carboxylic acids is 2. The lowest BCUT2D eigenvalue weighted by Gasteiger charge is -2.39. The molecule has 3 rings (SSSR count). The number of hydrogen-bond acceptors (Lipinski definition) is 7. The molecule has 0 unspecified atom stereocenters. The zero-order chi connectivity index (χ0) is 26.5. The van der Waals surface area contributed by atoms with E-state index in [-0.39, 0.29) is 32.0 Å². The summed E-state index contributed by atoms with van der Waals surface area (Å²) in [5.74, 6) is -2.21. The largest absolute Gasteiger partial charge is 0.480 e. The molecule has 2 aliphatic rings. The molecule has 2 saturated heterocycles. The topological polar surface area (TPSA) is 145 Å². The Morgan fingerprint density at radius 2 is 1.92 bits per heavy atom. The molecular formula is C24H36N4O7S. The van der Waals surface area contributed by atoms with Gasteiger partial charge in [-0.3, -0.25) is 14.9 Å². The molecule has 200 valence electrons. The Bertz CT molecular complexity index is 1040. The quantitative estimate of drug-likeness (QED) is 0.352. The van der Waals surface area contributed by atoms with Crippen LogP contribution < -0.4 is 10.0 Å². The Hall–Kier alpha value is -2.54. The Morgan fingerprint density at radius 1 is 1.22 bits per heavy atom. The van der Waals surface area contributed by atoms with E-state index in [1.165, 1.54) is 16.3 Å². The van der Waals surface area contributed by atoms with E-state index in [9.17, 15) is 27.9 Å². The van der Waals surface area contributed by atoms with E-state index in [1.54, 1.807) is 13.8 Å². The number of carboxylic acid groups (broad SMARTS) is 1. The maximum atomic E-state index is 13.6. The van der Waals surface area contributed by atoms with Gasteiger partial charge < -0.3 is 14.7 Å². The van der Waals surface area contributed by atoms with Crippen LogP contribution in [0.15, 0.2) is 30.3 Å². The normalized spacial score (nSPS) is 24.1. The number of amides is 1. The van der Waals surface area contributed by atoms with Crippen LogP contribution in [-0.4, -0.2) is 91.5 Å². The summed E-state index contributed by atoms with van der Waals surface area (Å²) < 4.78 is 33.5. The lowest BCUT2D eigenvalue weighted by molar-refractivity contribution is -0.152. The first-order chi connectivity index (χ1) is 17.1. The van der Waals surface area contributed by atoms with Crippen molar-refractivity contribution in [2.75, 3.05) is 26.7 Å². The van der Waals surface area contributed by atoms with Crippen LogP contribution in [-0.2, 0) is 35.8 Å². The van der Waals surface area contributed by atoms with E-state index >= 15 is 0 Å². The second-order valence-electron chi connectivity index (χ2n) is 9.24. The van der Waals surface area contributed by atoms with Crippen molar-refractivity contribution in [3.63, 3.8) is 0 Å². The van der Waals surface area contributed by atoms with E-state index in [0.717, 1.165) is 5.56 Å². The molecule has 12 heteroatoms. The molecule has 3 N–H and O–H groups in total. The van der Waals surface area contributed by atoms with Gasteiger partial charge in [0, 0.05) is 26.2 Å². The van der Waals surface area contributed by atoms with Gasteiger partial charge in [0.15, 0.2) is 0 Å². The molecule has 0 saturated carbocycles. The molecule has 5 atom stereocenters. The van der Waals surface area contributed by atoms with E-state index < -0.39 is 52.2 Å². The van der Waals surface area contributed by atoms with Crippen molar-refractivity contribution in [3.05, 3.63) is 35.9 Å². The summed E-state index contributed by atoms with van der Waals surface area (Å²) in [6.45, 7) is 3.77. The van der Waals surface area contributed by atoms with E-state index in [4.69, 9.17) is 4.74 Å². The van der Waals surface area contributed by atoms with Crippen molar-refractivity contribution in [1.29, 1.82) is 0 Å². The Balaban J connectivity index is 1.77. The van der Waals surface area contributed by atoms with Crippen molar-refractivity contribution >= 4 is 28.1 Å². The SMILES string of the molecule is CCOC(=O)[C@@H](CCc1ccccc1)N[C@H](C)C(=O)N1[C@H](C(=O)O)C[C@H]2CCN(S(=O)(=O)NC)C[C@@H]21. The maximum absolute atomic E-state index is 13.6. The van der Waals surface area contributed by atoms with Gasteiger partial charge in [-0.05, 0) is 51.0 Å². The smallest absolute Gasteiger partial charge is 0.326 e. The number of likely N-dealkylation sites (tertiary alicyclic amines) is 1. The molecule has 0 spiro atoms. The first kappa shape index (κ1) is 28.0. The van der Waals surface area contributed by atoms with Crippen LogP contribution in [0.2, 0.25) is 0 Å². The summed E-state index contributed by atoms with van der Waals surface area (Å²) in [4.78, 5) is 39.6. The molecule has 0 aliphatic carbocycles. The van der Waals surface area contributed by atoms with Crippen LogP contribution in [0, 0.1) is 5.92 Å². The summed E-state index contributed by atoms with van der Waals surface area (Å²) in [6.07, 6.45) is 1.70.